The van der Waals surface area contributed by atoms with Gasteiger partial charge in [0.25, 0.3) is 0 Å². The molecule has 0 radical (unpaired) electrons. The highest BCUT2D eigenvalue weighted by Gasteiger charge is 2.57. The van der Waals surface area contributed by atoms with Crippen LogP contribution in [0.3, 0.4) is 0 Å². The van der Waals surface area contributed by atoms with E-state index in [2.05, 4.69) is 13.8 Å². The van der Waals surface area contributed by atoms with E-state index in [1.54, 1.807) is 13.8 Å². The molecular formula is C58H102O24. The fourth-order valence-electron chi connectivity index (χ4n) is 11.8. The number of hydrogen-bond donors (Lipinski definition) is 10. The van der Waals surface area contributed by atoms with Crippen LogP contribution in [0.15, 0.2) is 0 Å². The molecule has 6 saturated heterocycles. The van der Waals surface area contributed by atoms with E-state index in [0.29, 0.717) is 12.8 Å². The Morgan fingerprint density at radius 3 is 1.66 bits per heavy atom. The third-order valence-electron chi connectivity index (χ3n) is 17.0. The molecule has 6 aliphatic rings. The highest BCUT2D eigenvalue weighted by atomic mass is 16.8. The minimum atomic E-state index is -1.92. The second kappa shape index (κ2) is 34.6. The van der Waals surface area contributed by atoms with Gasteiger partial charge >= 0.3 is 11.9 Å². The van der Waals surface area contributed by atoms with Crippen LogP contribution in [0.1, 0.15) is 189 Å². The summed E-state index contributed by atoms with van der Waals surface area (Å²) in [4.78, 5) is 27.6. The van der Waals surface area contributed by atoms with Crippen molar-refractivity contribution in [2.75, 3.05) is 6.61 Å². The third kappa shape index (κ3) is 19.1. The predicted octanol–water partition coefficient (Wildman–Crippen LogP) is 2.71. The Balaban J connectivity index is 1.25. The van der Waals surface area contributed by atoms with Gasteiger partial charge < -0.3 is 108 Å². The largest absolute Gasteiger partial charge is 0.454 e. The number of esters is 2. The number of rotatable bonds is 22. The molecule has 0 aromatic carbocycles. The molecule has 26 atom stereocenters. The Morgan fingerprint density at radius 1 is 0.463 bits per heavy atom. The molecule has 0 saturated carbocycles. The zero-order valence-corrected chi connectivity index (χ0v) is 49.2. The van der Waals surface area contributed by atoms with Gasteiger partial charge in [-0.2, -0.15) is 0 Å². The third-order valence-corrected chi connectivity index (χ3v) is 17.0. The van der Waals surface area contributed by atoms with E-state index in [4.69, 9.17) is 56.8 Å². The van der Waals surface area contributed by atoms with E-state index in [9.17, 15) is 60.7 Å². The normalized spacial score (nSPS) is 43.1. The van der Waals surface area contributed by atoms with E-state index < -0.39 is 172 Å². The fraction of sp³-hybridized carbons (Fsp3) is 0.966. The first-order valence-electron chi connectivity index (χ1n) is 31.0. The molecule has 1 unspecified atom stereocenters. The van der Waals surface area contributed by atoms with Crippen molar-refractivity contribution in [3.63, 3.8) is 0 Å². The van der Waals surface area contributed by atoms with Crippen molar-refractivity contribution in [3.05, 3.63) is 0 Å². The number of carbonyl (C=O) groups is 2. The zero-order valence-electron chi connectivity index (χ0n) is 49.2. The van der Waals surface area contributed by atoms with Gasteiger partial charge in [-0.1, -0.05) is 123 Å². The molecule has 478 valence electrons. The molecule has 10 N–H and O–H groups in total. The average Bonchev–Trinajstić information content (AvgIpc) is 3.55. The molecule has 0 aliphatic carbocycles. The summed E-state index contributed by atoms with van der Waals surface area (Å²) in [6.07, 6.45) is -19.7. The van der Waals surface area contributed by atoms with Crippen LogP contribution in [0, 0.1) is 0 Å². The molecule has 6 fully saturated rings. The number of aliphatic hydroxyl groups is 10. The molecule has 0 bridgehead atoms. The first-order valence-corrected chi connectivity index (χ1v) is 31.0. The summed E-state index contributed by atoms with van der Waals surface area (Å²) in [6, 6.07) is 0. The Labute approximate surface area is 483 Å². The van der Waals surface area contributed by atoms with Gasteiger partial charge in [0, 0.05) is 12.8 Å². The second-order valence-corrected chi connectivity index (χ2v) is 23.6. The van der Waals surface area contributed by atoms with Crippen LogP contribution in [-0.4, -0.2) is 229 Å². The lowest BCUT2D eigenvalue weighted by Gasteiger charge is -2.50. The Morgan fingerprint density at radius 2 is 0.988 bits per heavy atom. The van der Waals surface area contributed by atoms with Gasteiger partial charge in [-0.3, -0.25) is 9.59 Å². The molecule has 24 nitrogen and oxygen atoms in total. The van der Waals surface area contributed by atoms with Crippen molar-refractivity contribution in [2.45, 2.75) is 349 Å². The van der Waals surface area contributed by atoms with E-state index in [0.717, 1.165) is 109 Å². The number of ether oxygens (including phenoxy) is 12. The Bertz CT molecular complexity index is 1820. The lowest BCUT2D eigenvalue weighted by molar-refractivity contribution is -0.395. The number of unbranched alkanes of at least 4 members (excludes halogenated alkanes) is 10. The zero-order chi connectivity index (χ0) is 59.6. The van der Waals surface area contributed by atoms with Crippen LogP contribution in [0.25, 0.3) is 0 Å². The SMILES string of the molecule is CCCCCCCCCCCC(=O)O[C@H]1[C@H](O[C@@H]2[C@@H](O)[C@H]3OC(=O)CCCCCCCCCC(CCCCC)O[C@@H]4O[C@H](C)[C@@H](O)[C@H](O)[C@H]4O[C@H]3O[C@H]2C)O[C@@H](C)[C@H](O[C@@H]2O[C@@H](C)[C@H](O)[C@@H](O)[C@H]2O[C@H]2O[C@H](CO)[C@@H](O)[C@H](O)[C@H]2O)[C@H]1O. The fourth-order valence-corrected chi connectivity index (χ4v) is 11.8. The standard InChI is InChI=1S/C58H102O24/c1-7-9-11-12-13-14-17-20-24-28-37(60)77-52-46(69)48(79-56-51(44(67)40(63)32(4)72-56)81-54-45(68)42(65)41(64)36(30-59)76-54)33(5)73-57(52)80-49-34(6)74-58-53(47(49)70)78-38(61)29-25-21-18-15-16-19-23-27-35(26-22-10-8-2)75-55-50(82-58)43(66)39(62)31(3)71-55/h31-36,39-59,62-70H,7-30H2,1-6H3/t31-,32+,33+,34+,35?,36-,39-,40+,41-,42+,43+,44-,45-,46-,47-,48+,49+,50-,51-,52-,53-,54-,55+,56+,57+,58-/m1/s1. The summed E-state index contributed by atoms with van der Waals surface area (Å²) in [7, 11) is 0. The Kier molecular flexibility index (Phi) is 29.2. The second-order valence-electron chi connectivity index (χ2n) is 23.6. The molecule has 0 aromatic heterocycles. The molecule has 0 aromatic rings. The van der Waals surface area contributed by atoms with Crippen molar-refractivity contribution >= 4 is 11.9 Å². The number of hydrogen-bond acceptors (Lipinski definition) is 24. The monoisotopic (exact) mass is 1180 g/mol. The minimum absolute atomic E-state index is 0.00467. The van der Waals surface area contributed by atoms with Gasteiger partial charge in [0.1, 0.15) is 85.5 Å². The van der Waals surface area contributed by atoms with Crippen molar-refractivity contribution in [1.29, 1.82) is 0 Å². The number of aliphatic hydroxyl groups excluding tert-OH is 10. The molecule has 0 spiro atoms. The van der Waals surface area contributed by atoms with Crippen LogP contribution in [-0.2, 0) is 66.4 Å². The van der Waals surface area contributed by atoms with Crippen molar-refractivity contribution in [3.8, 4) is 0 Å². The first-order chi connectivity index (χ1) is 39.3. The smallest absolute Gasteiger partial charge is 0.306 e. The maximum atomic E-state index is 13.8. The summed E-state index contributed by atoms with van der Waals surface area (Å²) >= 11 is 0. The van der Waals surface area contributed by atoms with Crippen LogP contribution >= 0.6 is 0 Å². The first kappa shape index (κ1) is 69.2. The lowest BCUT2D eigenvalue weighted by Crippen LogP contribution is -2.67. The Hall–Kier alpha value is -1.86. The molecular weight excluding hydrogens is 1080 g/mol. The summed E-state index contributed by atoms with van der Waals surface area (Å²) in [5.41, 5.74) is 0. The van der Waals surface area contributed by atoms with E-state index in [-0.39, 0.29) is 18.9 Å². The van der Waals surface area contributed by atoms with E-state index in [1.807, 2.05) is 0 Å². The van der Waals surface area contributed by atoms with Gasteiger partial charge in [-0.15, -0.1) is 0 Å². The minimum Gasteiger partial charge on any atom is -0.454 e. The molecule has 6 rings (SSSR count). The van der Waals surface area contributed by atoms with Crippen molar-refractivity contribution < 1.29 is 117 Å². The van der Waals surface area contributed by atoms with Gasteiger partial charge in [-0.05, 0) is 53.4 Å². The molecule has 82 heavy (non-hydrogen) atoms. The van der Waals surface area contributed by atoms with Crippen molar-refractivity contribution in [2.24, 2.45) is 0 Å². The molecule has 6 aliphatic heterocycles. The van der Waals surface area contributed by atoms with Gasteiger partial charge in [0.05, 0.1) is 37.1 Å². The molecule has 6 heterocycles. The van der Waals surface area contributed by atoms with Crippen LogP contribution in [0.5, 0.6) is 0 Å². The highest BCUT2D eigenvalue weighted by molar-refractivity contribution is 5.70. The quantitative estimate of drug-likeness (QED) is 0.0550. The number of carbonyl (C=O) groups excluding carboxylic acids is 2. The topological polar surface area (TPSA) is 347 Å². The van der Waals surface area contributed by atoms with Crippen molar-refractivity contribution in [1.82, 2.24) is 0 Å². The molecule has 24 heteroatoms. The average molecular weight is 1180 g/mol. The van der Waals surface area contributed by atoms with E-state index in [1.165, 1.54) is 26.7 Å². The molecule has 0 amide bonds. The maximum absolute atomic E-state index is 13.8. The van der Waals surface area contributed by atoms with Gasteiger partial charge in [-0.25, -0.2) is 0 Å². The summed E-state index contributed by atoms with van der Waals surface area (Å²) in [5, 5.41) is 112. The lowest BCUT2D eigenvalue weighted by atomic mass is 9.95. The predicted molar refractivity (Wildman–Crippen MR) is 289 cm³/mol. The number of fused-ring (bicyclic) bond motifs is 2. The van der Waals surface area contributed by atoms with Gasteiger partial charge in [0.2, 0.25) is 0 Å². The summed E-state index contributed by atoms with van der Waals surface area (Å²) < 4.78 is 74.4. The summed E-state index contributed by atoms with van der Waals surface area (Å²) in [5.74, 6) is -1.41. The maximum Gasteiger partial charge on any atom is 0.306 e. The van der Waals surface area contributed by atoms with Crippen LogP contribution in [0.4, 0.5) is 0 Å². The highest BCUT2D eigenvalue weighted by Crippen LogP contribution is 2.38. The van der Waals surface area contributed by atoms with Gasteiger partial charge in [0.15, 0.2) is 43.7 Å². The van der Waals surface area contributed by atoms with Crippen LogP contribution < -0.4 is 0 Å². The summed E-state index contributed by atoms with van der Waals surface area (Å²) in [6.45, 7) is 9.56. The van der Waals surface area contributed by atoms with E-state index >= 15 is 0 Å². The van der Waals surface area contributed by atoms with Crippen LogP contribution in [0.2, 0.25) is 0 Å².